The number of aromatic nitrogens is 2. The average molecular weight is 370 g/mol. The summed E-state index contributed by atoms with van der Waals surface area (Å²) in [6, 6.07) is 9.44. The molecule has 3 rings (SSSR count). The zero-order chi connectivity index (χ0) is 19.2. The van der Waals surface area contributed by atoms with Gasteiger partial charge in [0.05, 0.1) is 7.11 Å². The quantitative estimate of drug-likeness (QED) is 0.846. The number of ether oxygens (including phenoxy) is 1. The minimum atomic E-state index is -0.180. The smallest absolute Gasteiger partial charge is 0.271 e. The van der Waals surface area contributed by atoms with Crippen LogP contribution in [0, 0.1) is 0 Å². The monoisotopic (exact) mass is 370 g/mol. The number of aryl methyl sites for hydroxylation is 1. The van der Waals surface area contributed by atoms with E-state index in [1.807, 2.05) is 36.1 Å². The standard InChI is InChI=1S/C20H26N4O3/c1-3-24-12-10-18(22-24)20(26)21-16-7-8-19(25)23(11-9-16)14-15-5-4-6-17(13-15)27-2/h4-6,10,12-13,16H,3,7-9,11,14H2,1-2H3,(H,21,26). The van der Waals surface area contributed by atoms with Crippen LogP contribution in [0.5, 0.6) is 5.75 Å². The maximum absolute atomic E-state index is 12.5. The fraction of sp³-hybridized carbons (Fsp3) is 0.450. The van der Waals surface area contributed by atoms with Gasteiger partial charge in [0.1, 0.15) is 11.4 Å². The average Bonchev–Trinajstić information content (AvgIpc) is 3.11. The molecule has 7 heteroatoms. The Bertz CT molecular complexity index is 802. The Morgan fingerprint density at radius 1 is 1.33 bits per heavy atom. The lowest BCUT2D eigenvalue weighted by atomic mass is 10.1. The lowest BCUT2D eigenvalue weighted by molar-refractivity contribution is -0.131. The lowest BCUT2D eigenvalue weighted by Gasteiger charge is -2.21. The van der Waals surface area contributed by atoms with Crippen molar-refractivity contribution in [2.24, 2.45) is 0 Å². The van der Waals surface area contributed by atoms with Crippen molar-refractivity contribution in [2.45, 2.75) is 45.3 Å². The lowest BCUT2D eigenvalue weighted by Crippen LogP contribution is -2.36. The Labute approximate surface area is 159 Å². The highest BCUT2D eigenvalue weighted by Gasteiger charge is 2.24. The summed E-state index contributed by atoms with van der Waals surface area (Å²) in [7, 11) is 1.63. The highest BCUT2D eigenvalue weighted by molar-refractivity contribution is 5.92. The summed E-state index contributed by atoms with van der Waals surface area (Å²) in [6.07, 6.45) is 3.60. The van der Waals surface area contributed by atoms with Crippen molar-refractivity contribution in [3.05, 3.63) is 47.8 Å². The van der Waals surface area contributed by atoms with Crippen molar-refractivity contribution in [2.75, 3.05) is 13.7 Å². The van der Waals surface area contributed by atoms with Gasteiger partial charge >= 0.3 is 0 Å². The number of likely N-dealkylation sites (tertiary alicyclic amines) is 1. The second-order valence-electron chi connectivity index (χ2n) is 6.72. The first kappa shape index (κ1) is 18.9. The van der Waals surface area contributed by atoms with Crippen molar-refractivity contribution >= 4 is 11.8 Å². The number of amides is 2. The Morgan fingerprint density at radius 2 is 2.19 bits per heavy atom. The molecule has 7 nitrogen and oxygen atoms in total. The van der Waals surface area contributed by atoms with Gasteiger partial charge in [-0.3, -0.25) is 14.3 Å². The molecule has 144 valence electrons. The molecule has 1 aliphatic rings. The van der Waals surface area contributed by atoms with Crippen LogP contribution in [0.25, 0.3) is 0 Å². The molecule has 0 spiro atoms. The molecule has 0 radical (unpaired) electrons. The largest absolute Gasteiger partial charge is 0.497 e. The van der Waals surface area contributed by atoms with E-state index in [0.717, 1.165) is 24.3 Å². The van der Waals surface area contributed by atoms with E-state index >= 15 is 0 Å². The van der Waals surface area contributed by atoms with Gasteiger partial charge in [0.25, 0.3) is 5.91 Å². The summed E-state index contributed by atoms with van der Waals surface area (Å²) in [4.78, 5) is 26.7. The number of hydrogen-bond donors (Lipinski definition) is 1. The van der Waals surface area contributed by atoms with E-state index in [4.69, 9.17) is 4.74 Å². The van der Waals surface area contributed by atoms with E-state index in [2.05, 4.69) is 10.4 Å². The molecule has 1 N–H and O–H groups in total. The van der Waals surface area contributed by atoms with Crippen LogP contribution in [0.2, 0.25) is 0 Å². The number of nitrogens with zero attached hydrogens (tertiary/aromatic N) is 3. The molecule has 0 saturated carbocycles. The number of rotatable bonds is 6. The number of carbonyl (C=O) groups excluding carboxylic acids is 2. The molecule has 0 bridgehead atoms. The molecule has 1 aromatic carbocycles. The minimum absolute atomic E-state index is 0.0245. The van der Waals surface area contributed by atoms with Gasteiger partial charge in [-0.1, -0.05) is 12.1 Å². The Morgan fingerprint density at radius 3 is 2.93 bits per heavy atom. The third-order valence-corrected chi connectivity index (χ3v) is 4.85. The van der Waals surface area contributed by atoms with Gasteiger partial charge in [-0.15, -0.1) is 0 Å². The second kappa shape index (κ2) is 8.70. The van der Waals surface area contributed by atoms with Crippen molar-refractivity contribution in [3.63, 3.8) is 0 Å². The van der Waals surface area contributed by atoms with Crippen LogP contribution >= 0.6 is 0 Å². The molecule has 2 heterocycles. The van der Waals surface area contributed by atoms with Crippen LogP contribution < -0.4 is 10.1 Å². The fourth-order valence-electron chi connectivity index (χ4n) is 3.26. The molecule has 2 amide bonds. The van der Waals surface area contributed by atoms with Crippen LogP contribution in [0.3, 0.4) is 0 Å². The third-order valence-electron chi connectivity index (χ3n) is 4.85. The predicted octanol–water partition coefficient (Wildman–Crippen LogP) is 2.22. The minimum Gasteiger partial charge on any atom is -0.497 e. The third kappa shape index (κ3) is 4.87. The maximum Gasteiger partial charge on any atom is 0.271 e. The predicted molar refractivity (Wildman–Crippen MR) is 101 cm³/mol. The van der Waals surface area contributed by atoms with Crippen LogP contribution in [0.4, 0.5) is 0 Å². The molecular weight excluding hydrogens is 344 g/mol. The molecule has 1 aromatic heterocycles. The van der Waals surface area contributed by atoms with Crippen LogP contribution in [0.1, 0.15) is 42.2 Å². The van der Waals surface area contributed by atoms with E-state index in [1.165, 1.54) is 0 Å². The zero-order valence-electron chi connectivity index (χ0n) is 15.9. The summed E-state index contributed by atoms with van der Waals surface area (Å²) >= 11 is 0. The number of methoxy groups -OCH3 is 1. The number of carbonyl (C=O) groups is 2. The van der Waals surface area contributed by atoms with Gasteiger partial charge in [0.2, 0.25) is 5.91 Å². The van der Waals surface area contributed by atoms with Crippen LogP contribution in [-0.2, 0) is 17.9 Å². The highest BCUT2D eigenvalue weighted by Crippen LogP contribution is 2.18. The summed E-state index contributed by atoms with van der Waals surface area (Å²) in [5.74, 6) is 0.720. The van der Waals surface area contributed by atoms with E-state index in [1.54, 1.807) is 24.1 Å². The molecule has 1 fully saturated rings. The van der Waals surface area contributed by atoms with Gasteiger partial charge in [-0.05, 0) is 43.5 Å². The number of hydrogen-bond acceptors (Lipinski definition) is 4. The molecule has 1 saturated heterocycles. The molecule has 2 aromatic rings. The first-order valence-corrected chi connectivity index (χ1v) is 9.34. The van der Waals surface area contributed by atoms with E-state index in [0.29, 0.717) is 31.6 Å². The normalized spacial score (nSPS) is 17.5. The summed E-state index contributed by atoms with van der Waals surface area (Å²) in [5, 5.41) is 7.26. The van der Waals surface area contributed by atoms with E-state index in [-0.39, 0.29) is 17.9 Å². The molecule has 0 aliphatic carbocycles. The molecule has 1 unspecified atom stereocenters. The topological polar surface area (TPSA) is 76.5 Å². The maximum atomic E-state index is 12.5. The van der Waals surface area contributed by atoms with E-state index < -0.39 is 0 Å². The van der Waals surface area contributed by atoms with Crippen LogP contribution in [0.15, 0.2) is 36.5 Å². The Kier molecular flexibility index (Phi) is 6.11. The van der Waals surface area contributed by atoms with Crippen LogP contribution in [-0.4, -0.2) is 46.2 Å². The molecule has 27 heavy (non-hydrogen) atoms. The van der Waals surface area contributed by atoms with Crippen molar-refractivity contribution in [1.82, 2.24) is 20.0 Å². The van der Waals surface area contributed by atoms with Gasteiger partial charge < -0.3 is 15.0 Å². The summed E-state index contributed by atoms with van der Waals surface area (Å²) in [5.41, 5.74) is 1.45. The summed E-state index contributed by atoms with van der Waals surface area (Å²) < 4.78 is 6.97. The SMILES string of the molecule is CCn1ccc(C(=O)NC2CCC(=O)N(Cc3cccc(OC)c3)CC2)n1. The number of benzene rings is 1. The fourth-order valence-corrected chi connectivity index (χ4v) is 3.26. The van der Waals surface area contributed by atoms with Gasteiger partial charge in [-0.2, -0.15) is 5.10 Å². The zero-order valence-corrected chi connectivity index (χ0v) is 15.9. The molecular formula is C20H26N4O3. The van der Waals surface area contributed by atoms with Gasteiger partial charge in [0.15, 0.2) is 0 Å². The van der Waals surface area contributed by atoms with Gasteiger partial charge in [-0.25, -0.2) is 0 Å². The van der Waals surface area contributed by atoms with Crippen molar-refractivity contribution < 1.29 is 14.3 Å². The van der Waals surface area contributed by atoms with Crippen molar-refractivity contribution in [3.8, 4) is 5.75 Å². The molecule has 1 aliphatic heterocycles. The Hall–Kier alpha value is -2.83. The Balaban J connectivity index is 1.58. The second-order valence-corrected chi connectivity index (χ2v) is 6.72. The molecule has 1 atom stereocenters. The first-order chi connectivity index (χ1) is 13.1. The first-order valence-electron chi connectivity index (χ1n) is 9.34. The van der Waals surface area contributed by atoms with Crippen molar-refractivity contribution in [1.29, 1.82) is 0 Å². The van der Waals surface area contributed by atoms with E-state index in [9.17, 15) is 9.59 Å². The number of nitrogens with one attached hydrogen (secondary N) is 1. The summed E-state index contributed by atoms with van der Waals surface area (Å²) in [6.45, 7) is 3.87. The van der Waals surface area contributed by atoms with Gasteiger partial charge in [0, 0.05) is 38.3 Å². The highest BCUT2D eigenvalue weighted by atomic mass is 16.5.